The summed E-state index contributed by atoms with van der Waals surface area (Å²) in [4.78, 5) is 25.1. The third kappa shape index (κ3) is 4.20. The molecule has 7 nitrogen and oxygen atoms in total. The zero-order valence-electron chi connectivity index (χ0n) is 11.1. The second-order valence-corrected chi connectivity index (χ2v) is 4.78. The molecule has 0 spiro atoms. The molecular weight excluding hydrogens is 250 g/mol. The molecule has 104 valence electrons. The Morgan fingerprint density at radius 3 is 2.63 bits per heavy atom. The number of nitrogens with zero attached hydrogens (tertiary/aromatic N) is 2. The van der Waals surface area contributed by atoms with Gasteiger partial charge in [0.2, 0.25) is 0 Å². The Bertz CT molecular complexity index is 488. The first-order valence-electron chi connectivity index (χ1n) is 5.91. The number of aliphatic carboxylic acids is 1. The fraction of sp³-hybridized carbons (Fsp3) is 0.500. The number of hydrogen-bond acceptors (Lipinski definition) is 5. The first-order chi connectivity index (χ1) is 8.81. The van der Waals surface area contributed by atoms with Gasteiger partial charge in [0.15, 0.2) is 0 Å². The highest BCUT2D eigenvalue weighted by atomic mass is 16.6. The van der Waals surface area contributed by atoms with E-state index in [2.05, 4.69) is 10.3 Å². The molecule has 1 atom stereocenters. The van der Waals surface area contributed by atoms with Gasteiger partial charge in [-0.05, 0) is 24.8 Å². The van der Waals surface area contributed by atoms with Gasteiger partial charge in [-0.2, -0.15) is 0 Å². The summed E-state index contributed by atoms with van der Waals surface area (Å²) in [6.45, 7) is 5.50. The number of nitro groups is 1. The van der Waals surface area contributed by atoms with Crippen molar-refractivity contribution in [3.05, 3.63) is 27.9 Å². The van der Waals surface area contributed by atoms with Gasteiger partial charge in [0.25, 0.3) is 5.69 Å². The molecule has 1 aromatic rings. The molecule has 0 amide bonds. The van der Waals surface area contributed by atoms with Gasteiger partial charge in [0.1, 0.15) is 18.1 Å². The molecule has 0 bridgehead atoms. The molecule has 1 aromatic heterocycles. The third-order valence-electron chi connectivity index (χ3n) is 2.59. The van der Waals surface area contributed by atoms with Crippen LogP contribution in [-0.2, 0) is 4.79 Å². The van der Waals surface area contributed by atoms with Crippen LogP contribution in [0, 0.1) is 23.0 Å². The van der Waals surface area contributed by atoms with E-state index >= 15 is 0 Å². The molecule has 7 heteroatoms. The summed E-state index contributed by atoms with van der Waals surface area (Å²) in [7, 11) is 0. The minimum Gasteiger partial charge on any atom is -0.480 e. The average molecular weight is 267 g/mol. The molecule has 0 saturated carbocycles. The predicted octanol–water partition coefficient (Wildman–Crippen LogP) is 2.21. The van der Waals surface area contributed by atoms with Gasteiger partial charge >= 0.3 is 5.97 Å². The number of anilines is 1. The maximum absolute atomic E-state index is 11.1. The van der Waals surface area contributed by atoms with Crippen molar-refractivity contribution in [3.8, 4) is 0 Å². The van der Waals surface area contributed by atoms with Crippen molar-refractivity contribution >= 4 is 17.5 Å². The Balaban J connectivity index is 2.91. The van der Waals surface area contributed by atoms with Crippen LogP contribution in [0.3, 0.4) is 0 Å². The quantitative estimate of drug-likeness (QED) is 0.604. The lowest BCUT2D eigenvalue weighted by Crippen LogP contribution is -2.31. The molecular formula is C12H17N3O4. The molecule has 1 unspecified atom stereocenters. The normalized spacial score (nSPS) is 12.2. The minimum absolute atomic E-state index is 0.112. The van der Waals surface area contributed by atoms with E-state index in [4.69, 9.17) is 5.11 Å². The lowest BCUT2D eigenvalue weighted by atomic mass is 10.0. The van der Waals surface area contributed by atoms with Crippen molar-refractivity contribution in [1.82, 2.24) is 4.98 Å². The molecule has 0 saturated heterocycles. The van der Waals surface area contributed by atoms with Gasteiger partial charge in [-0.15, -0.1) is 0 Å². The summed E-state index contributed by atoms with van der Waals surface area (Å²) in [6.07, 6.45) is 1.57. The Hall–Kier alpha value is -2.18. The van der Waals surface area contributed by atoms with Crippen LogP contribution in [0.1, 0.15) is 25.8 Å². The highest BCUT2D eigenvalue weighted by Gasteiger charge is 2.20. The number of carbonyl (C=O) groups is 1. The summed E-state index contributed by atoms with van der Waals surface area (Å²) in [5.74, 6) is -0.390. The van der Waals surface area contributed by atoms with E-state index in [9.17, 15) is 14.9 Å². The number of carboxylic acid groups (broad SMARTS) is 1. The second kappa shape index (κ2) is 6.12. The number of hydrogen-bond donors (Lipinski definition) is 2. The predicted molar refractivity (Wildman–Crippen MR) is 70.1 cm³/mol. The first-order valence-corrected chi connectivity index (χ1v) is 5.91. The third-order valence-corrected chi connectivity index (χ3v) is 2.59. The molecule has 1 rings (SSSR count). The first kappa shape index (κ1) is 14.9. The summed E-state index contributed by atoms with van der Waals surface area (Å²) in [6, 6.07) is 0.608. The molecule has 2 N–H and O–H groups in total. The molecule has 0 fully saturated rings. The summed E-state index contributed by atoms with van der Waals surface area (Å²) < 4.78 is 0. The molecule has 0 radical (unpaired) electrons. The Labute approximate surface area is 110 Å². The topological polar surface area (TPSA) is 105 Å². The molecule has 1 heterocycles. The lowest BCUT2D eigenvalue weighted by Gasteiger charge is -2.18. The zero-order valence-corrected chi connectivity index (χ0v) is 11.1. The van der Waals surface area contributed by atoms with Gasteiger partial charge < -0.3 is 10.4 Å². The van der Waals surface area contributed by atoms with E-state index in [0.717, 1.165) is 6.20 Å². The van der Waals surface area contributed by atoms with Crippen molar-refractivity contribution in [1.29, 1.82) is 0 Å². The average Bonchev–Trinajstić information content (AvgIpc) is 2.29. The molecule has 0 aromatic carbocycles. The highest BCUT2D eigenvalue weighted by Crippen LogP contribution is 2.20. The zero-order chi connectivity index (χ0) is 14.6. The van der Waals surface area contributed by atoms with E-state index in [0.29, 0.717) is 17.8 Å². The van der Waals surface area contributed by atoms with Crippen LogP contribution in [0.2, 0.25) is 0 Å². The highest BCUT2D eigenvalue weighted by molar-refractivity contribution is 5.77. The lowest BCUT2D eigenvalue weighted by molar-refractivity contribution is -0.385. The maximum Gasteiger partial charge on any atom is 0.326 e. The fourth-order valence-corrected chi connectivity index (χ4v) is 1.67. The summed E-state index contributed by atoms with van der Waals surface area (Å²) in [5.41, 5.74) is 0.433. The van der Waals surface area contributed by atoms with Crippen molar-refractivity contribution in [2.45, 2.75) is 33.2 Å². The fourth-order valence-electron chi connectivity index (χ4n) is 1.67. The standard InChI is InChI=1S/C12H17N3O4/c1-7(2)4-10(12(16)17)14-11-8(3)5-9(6-13-11)15(18)19/h5-7,10H,4H2,1-3H3,(H,13,14)(H,16,17). The van der Waals surface area contributed by atoms with Gasteiger partial charge in [-0.1, -0.05) is 13.8 Å². The largest absolute Gasteiger partial charge is 0.480 e. The van der Waals surface area contributed by atoms with Crippen LogP contribution in [0.25, 0.3) is 0 Å². The van der Waals surface area contributed by atoms with Crippen LogP contribution in [-0.4, -0.2) is 27.0 Å². The van der Waals surface area contributed by atoms with Crippen LogP contribution >= 0.6 is 0 Å². The number of pyridine rings is 1. The van der Waals surface area contributed by atoms with Crippen molar-refractivity contribution in [2.24, 2.45) is 5.92 Å². The van der Waals surface area contributed by atoms with Crippen LogP contribution in [0.5, 0.6) is 0 Å². The Morgan fingerprint density at radius 1 is 1.58 bits per heavy atom. The van der Waals surface area contributed by atoms with Crippen molar-refractivity contribution in [3.63, 3.8) is 0 Å². The van der Waals surface area contributed by atoms with E-state index < -0.39 is 16.9 Å². The number of carboxylic acids is 1. The maximum atomic E-state index is 11.1. The Morgan fingerprint density at radius 2 is 2.21 bits per heavy atom. The van der Waals surface area contributed by atoms with Crippen molar-refractivity contribution in [2.75, 3.05) is 5.32 Å². The van der Waals surface area contributed by atoms with Crippen LogP contribution < -0.4 is 5.32 Å². The number of aromatic nitrogens is 1. The van der Waals surface area contributed by atoms with E-state index in [-0.39, 0.29) is 11.6 Å². The Kier molecular flexibility index (Phi) is 4.80. The smallest absolute Gasteiger partial charge is 0.326 e. The van der Waals surface area contributed by atoms with E-state index in [1.165, 1.54) is 6.07 Å². The summed E-state index contributed by atoms with van der Waals surface area (Å²) >= 11 is 0. The minimum atomic E-state index is -0.965. The van der Waals surface area contributed by atoms with Gasteiger partial charge in [0.05, 0.1) is 4.92 Å². The van der Waals surface area contributed by atoms with Crippen LogP contribution in [0.4, 0.5) is 11.5 Å². The van der Waals surface area contributed by atoms with E-state index in [1.54, 1.807) is 6.92 Å². The monoisotopic (exact) mass is 267 g/mol. The second-order valence-electron chi connectivity index (χ2n) is 4.78. The number of nitrogens with one attached hydrogen (secondary N) is 1. The molecule has 0 aliphatic carbocycles. The van der Waals surface area contributed by atoms with E-state index in [1.807, 2.05) is 13.8 Å². The molecule has 19 heavy (non-hydrogen) atoms. The van der Waals surface area contributed by atoms with Crippen LogP contribution in [0.15, 0.2) is 12.3 Å². The molecule has 0 aliphatic heterocycles. The van der Waals surface area contributed by atoms with Gasteiger partial charge in [0, 0.05) is 6.07 Å². The number of aryl methyl sites for hydroxylation is 1. The van der Waals surface area contributed by atoms with Gasteiger partial charge in [-0.25, -0.2) is 9.78 Å². The molecule has 0 aliphatic rings. The SMILES string of the molecule is Cc1cc([N+](=O)[O-])cnc1NC(CC(C)C)C(=O)O. The van der Waals surface area contributed by atoms with Gasteiger partial charge in [-0.3, -0.25) is 10.1 Å². The summed E-state index contributed by atoms with van der Waals surface area (Å²) in [5, 5.41) is 22.5. The number of rotatable bonds is 6. The van der Waals surface area contributed by atoms with Crippen molar-refractivity contribution < 1.29 is 14.8 Å².